The van der Waals surface area contributed by atoms with Gasteiger partial charge in [-0.05, 0) is 55.7 Å². The lowest BCUT2D eigenvalue weighted by molar-refractivity contribution is 0.626. The second kappa shape index (κ2) is 10.9. The second-order valence-corrected chi connectivity index (χ2v) is 6.59. The molecule has 0 aliphatic heterocycles. The highest BCUT2D eigenvalue weighted by atomic mass is 127. The Morgan fingerprint density at radius 2 is 1.79 bits per heavy atom. The third-order valence-corrected chi connectivity index (χ3v) is 4.34. The molecule has 2 aromatic heterocycles. The number of aliphatic imine (C=N–C) groups is 1. The fraction of sp³-hybridized carbons (Fsp3) is 0.286. The van der Waals surface area contributed by atoms with Crippen molar-refractivity contribution >= 4 is 29.9 Å². The Morgan fingerprint density at radius 3 is 2.38 bits per heavy atom. The summed E-state index contributed by atoms with van der Waals surface area (Å²) in [7, 11) is 1.73. The molecule has 29 heavy (non-hydrogen) atoms. The van der Waals surface area contributed by atoms with Gasteiger partial charge in [-0.1, -0.05) is 18.2 Å². The van der Waals surface area contributed by atoms with Crippen molar-refractivity contribution in [3.8, 4) is 5.82 Å². The number of rotatable bonds is 6. The van der Waals surface area contributed by atoms with Crippen LogP contribution in [0, 0.1) is 19.7 Å². The molecule has 2 N–H and O–H groups in total. The first-order valence-corrected chi connectivity index (χ1v) is 9.22. The number of nitrogens with zero attached hydrogens (tertiary/aromatic N) is 4. The number of benzene rings is 1. The molecule has 8 heteroatoms. The number of hydrogen-bond acceptors (Lipinski definition) is 3. The zero-order valence-electron chi connectivity index (χ0n) is 16.8. The fourth-order valence-corrected chi connectivity index (χ4v) is 2.89. The predicted molar refractivity (Wildman–Crippen MR) is 125 cm³/mol. The molecule has 3 aromatic rings. The van der Waals surface area contributed by atoms with E-state index in [4.69, 9.17) is 0 Å². The third-order valence-electron chi connectivity index (χ3n) is 4.34. The van der Waals surface area contributed by atoms with E-state index >= 15 is 0 Å². The fourth-order valence-electron chi connectivity index (χ4n) is 2.89. The lowest BCUT2D eigenvalue weighted by Crippen LogP contribution is -2.37. The Hall–Kier alpha value is -2.49. The average Bonchev–Trinajstić information content (AvgIpc) is 3.04. The van der Waals surface area contributed by atoms with E-state index in [0.29, 0.717) is 19.0 Å². The lowest BCUT2D eigenvalue weighted by atomic mass is 10.1. The van der Waals surface area contributed by atoms with Gasteiger partial charge >= 0.3 is 0 Å². The van der Waals surface area contributed by atoms with Crippen molar-refractivity contribution in [1.82, 2.24) is 25.4 Å². The van der Waals surface area contributed by atoms with Crippen LogP contribution in [0.2, 0.25) is 0 Å². The highest BCUT2D eigenvalue weighted by molar-refractivity contribution is 14.0. The van der Waals surface area contributed by atoms with E-state index in [0.717, 1.165) is 34.8 Å². The molecular formula is C21H26FIN6. The summed E-state index contributed by atoms with van der Waals surface area (Å²) in [5.41, 5.74) is 4.15. The lowest BCUT2D eigenvalue weighted by Gasteiger charge is -2.12. The average molecular weight is 508 g/mol. The molecule has 1 aromatic carbocycles. The zero-order valence-corrected chi connectivity index (χ0v) is 19.1. The first-order valence-electron chi connectivity index (χ1n) is 9.22. The van der Waals surface area contributed by atoms with Crippen LogP contribution in [-0.4, -0.2) is 34.3 Å². The van der Waals surface area contributed by atoms with Gasteiger partial charge < -0.3 is 10.6 Å². The molecule has 3 rings (SSSR count). The molecule has 0 unspecified atom stereocenters. The maximum atomic E-state index is 12.9. The Bertz CT molecular complexity index is 935. The van der Waals surface area contributed by atoms with Crippen LogP contribution in [0.5, 0.6) is 0 Å². The van der Waals surface area contributed by atoms with Crippen molar-refractivity contribution in [2.75, 3.05) is 13.6 Å². The molecule has 154 valence electrons. The van der Waals surface area contributed by atoms with Crippen molar-refractivity contribution in [2.45, 2.75) is 26.8 Å². The smallest absolute Gasteiger partial charge is 0.191 e. The third kappa shape index (κ3) is 6.52. The molecule has 0 saturated heterocycles. The monoisotopic (exact) mass is 508 g/mol. The second-order valence-electron chi connectivity index (χ2n) is 6.59. The molecule has 0 spiro atoms. The maximum absolute atomic E-state index is 12.9. The molecule has 0 saturated carbocycles. The maximum Gasteiger partial charge on any atom is 0.191 e. The van der Waals surface area contributed by atoms with Gasteiger partial charge in [0.15, 0.2) is 11.8 Å². The number of guanidine groups is 1. The first kappa shape index (κ1) is 22.8. The summed E-state index contributed by atoms with van der Waals surface area (Å²) in [4.78, 5) is 8.73. The Kier molecular flexibility index (Phi) is 8.56. The van der Waals surface area contributed by atoms with E-state index in [1.165, 1.54) is 12.1 Å². The summed E-state index contributed by atoms with van der Waals surface area (Å²) in [5.74, 6) is 1.30. The van der Waals surface area contributed by atoms with Crippen molar-refractivity contribution in [2.24, 2.45) is 4.99 Å². The molecule has 0 aliphatic carbocycles. The molecular weight excluding hydrogens is 482 g/mol. The molecule has 0 aliphatic rings. The largest absolute Gasteiger partial charge is 0.356 e. The Labute approximate surface area is 187 Å². The van der Waals surface area contributed by atoms with Gasteiger partial charge in [-0.15, -0.1) is 24.0 Å². The summed E-state index contributed by atoms with van der Waals surface area (Å²) in [6.45, 7) is 5.30. The summed E-state index contributed by atoms with van der Waals surface area (Å²) >= 11 is 0. The van der Waals surface area contributed by atoms with Gasteiger partial charge in [0.25, 0.3) is 0 Å². The summed E-state index contributed by atoms with van der Waals surface area (Å²) in [5, 5.41) is 11.0. The van der Waals surface area contributed by atoms with Crippen LogP contribution in [0.25, 0.3) is 5.82 Å². The number of aryl methyl sites for hydroxylation is 2. The van der Waals surface area contributed by atoms with E-state index in [-0.39, 0.29) is 29.8 Å². The minimum Gasteiger partial charge on any atom is -0.356 e. The molecule has 2 heterocycles. The van der Waals surface area contributed by atoms with Gasteiger partial charge in [-0.25, -0.2) is 14.1 Å². The van der Waals surface area contributed by atoms with Crippen LogP contribution in [-0.2, 0) is 13.0 Å². The molecule has 0 atom stereocenters. The Morgan fingerprint density at radius 1 is 1.07 bits per heavy atom. The van der Waals surface area contributed by atoms with Gasteiger partial charge in [0.2, 0.25) is 0 Å². The van der Waals surface area contributed by atoms with Crippen molar-refractivity contribution in [3.63, 3.8) is 0 Å². The number of aromatic nitrogens is 3. The van der Waals surface area contributed by atoms with Gasteiger partial charge in [0, 0.05) is 32.0 Å². The first-order chi connectivity index (χ1) is 13.5. The van der Waals surface area contributed by atoms with E-state index < -0.39 is 0 Å². The van der Waals surface area contributed by atoms with Crippen LogP contribution in [0.15, 0.2) is 53.7 Å². The Balaban J connectivity index is 0.00000300. The SMILES string of the molecule is CN=C(NCCc1ccc(F)cc1)NCc1ccc(-n2nc(C)cc2C)nc1.I. The zero-order chi connectivity index (χ0) is 19.9. The molecule has 0 bridgehead atoms. The molecule has 0 radical (unpaired) electrons. The molecule has 6 nitrogen and oxygen atoms in total. The number of hydrogen-bond donors (Lipinski definition) is 2. The van der Waals surface area contributed by atoms with Crippen LogP contribution >= 0.6 is 24.0 Å². The van der Waals surface area contributed by atoms with Gasteiger partial charge in [0.1, 0.15) is 5.82 Å². The summed E-state index contributed by atoms with van der Waals surface area (Å²) in [6.07, 6.45) is 2.63. The van der Waals surface area contributed by atoms with Crippen molar-refractivity contribution in [1.29, 1.82) is 0 Å². The van der Waals surface area contributed by atoms with E-state index in [1.807, 2.05) is 42.9 Å². The highest BCUT2D eigenvalue weighted by Gasteiger charge is 2.05. The van der Waals surface area contributed by atoms with Gasteiger partial charge in [-0.2, -0.15) is 5.10 Å². The van der Waals surface area contributed by atoms with E-state index in [2.05, 4.69) is 25.7 Å². The molecule has 0 fully saturated rings. The standard InChI is InChI=1S/C21H25FN6.HI/c1-15-12-16(2)28(27-15)20-9-6-18(13-25-20)14-26-21(23-3)24-11-10-17-4-7-19(22)8-5-17;/h4-9,12-13H,10-11,14H2,1-3H3,(H2,23,24,26);1H. The topological polar surface area (TPSA) is 67.1 Å². The van der Waals surface area contributed by atoms with E-state index in [9.17, 15) is 4.39 Å². The summed E-state index contributed by atoms with van der Waals surface area (Å²) in [6, 6.07) is 12.6. The van der Waals surface area contributed by atoms with Gasteiger partial charge in [0.05, 0.1) is 5.69 Å². The van der Waals surface area contributed by atoms with Crippen LogP contribution in [0.3, 0.4) is 0 Å². The van der Waals surface area contributed by atoms with Crippen LogP contribution < -0.4 is 10.6 Å². The van der Waals surface area contributed by atoms with Gasteiger partial charge in [-0.3, -0.25) is 4.99 Å². The highest BCUT2D eigenvalue weighted by Crippen LogP contribution is 2.10. The van der Waals surface area contributed by atoms with Crippen molar-refractivity contribution in [3.05, 3.63) is 77.0 Å². The normalized spacial score (nSPS) is 11.1. The van der Waals surface area contributed by atoms with Crippen molar-refractivity contribution < 1.29 is 4.39 Å². The number of pyridine rings is 1. The minimum atomic E-state index is -0.216. The molecule has 0 amide bonds. The minimum absolute atomic E-state index is 0. The number of halogens is 2. The number of nitrogens with one attached hydrogen (secondary N) is 2. The quantitative estimate of drug-likeness (QED) is 0.304. The summed E-state index contributed by atoms with van der Waals surface area (Å²) < 4.78 is 14.8. The van der Waals surface area contributed by atoms with Crippen LogP contribution in [0.4, 0.5) is 4.39 Å². The van der Waals surface area contributed by atoms with Crippen LogP contribution in [0.1, 0.15) is 22.5 Å². The van der Waals surface area contributed by atoms with E-state index in [1.54, 1.807) is 19.2 Å². The predicted octanol–water partition coefficient (Wildman–Crippen LogP) is 3.55.